The SMILES string of the molecule is CCOCCN(CC)CCC=O. The number of rotatable bonds is 8. The number of carbonyl (C=O) groups is 1. The maximum Gasteiger partial charge on any atom is 0.121 e. The molecule has 0 spiro atoms. The Morgan fingerprint density at radius 3 is 2.58 bits per heavy atom. The normalized spacial score (nSPS) is 10.6. The van der Waals surface area contributed by atoms with Crippen LogP contribution >= 0.6 is 0 Å². The molecule has 0 aliphatic carbocycles. The fraction of sp³-hybridized carbons (Fsp3) is 0.889. The van der Waals surface area contributed by atoms with E-state index in [1.807, 2.05) is 6.92 Å². The summed E-state index contributed by atoms with van der Waals surface area (Å²) >= 11 is 0. The zero-order valence-corrected chi connectivity index (χ0v) is 8.08. The van der Waals surface area contributed by atoms with Crippen LogP contribution in [0.5, 0.6) is 0 Å². The number of carbonyl (C=O) groups excluding carboxylic acids is 1. The molecule has 3 heteroatoms. The van der Waals surface area contributed by atoms with E-state index >= 15 is 0 Å². The van der Waals surface area contributed by atoms with Crippen LogP contribution in [0.25, 0.3) is 0 Å². The fourth-order valence-electron chi connectivity index (χ4n) is 1.00. The van der Waals surface area contributed by atoms with Gasteiger partial charge in [0.25, 0.3) is 0 Å². The van der Waals surface area contributed by atoms with Crippen LogP contribution < -0.4 is 0 Å². The quantitative estimate of drug-likeness (QED) is 0.404. The van der Waals surface area contributed by atoms with E-state index in [9.17, 15) is 4.79 Å². The number of likely N-dealkylation sites (N-methyl/N-ethyl adjacent to an activating group) is 1. The van der Waals surface area contributed by atoms with E-state index in [0.717, 1.165) is 39.1 Å². The van der Waals surface area contributed by atoms with Gasteiger partial charge in [0.1, 0.15) is 6.29 Å². The van der Waals surface area contributed by atoms with Crippen LogP contribution in [0.4, 0.5) is 0 Å². The minimum Gasteiger partial charge on any atom is -0.380 e. The highest BCUT2D eigenvalue weighted by Crippen LogP contribution is 1.89. The van der Waals surface area contributed by atoms with Crippen molar-refractivity contribution in [2.24, 2.45) is 0 Å². The summed E-state index contributed by atoms with van der Waals surface area (Å²) in [6.07, 6.45) is 1.59. The Morgan fingerprint density at radius 2 is 2.08 bits per heavy atom. The minimum absolute atomic E-state index is 0.625. The molecule has 3 nitrogen and oxygen atoms in total. The Bertz CT molecular complexity index is 107. The standard InChI is InChI=1S/C9H19NO2/c1-3-10(6-5-8-11)7-9-12-4-2/h8H,3-7,9H2,1-2H3. The molecule has 0 aliphatic rings. The Labute approximate surface area is 74.7 Å². The molecule has 72 valence electrons. The molecule has 0 unspecified atom stereocenters. The predicted molar refractivity (Wildman–Crippen MR) is 49.3 cm³/mol. The topological polar surface area (TPSA) is 29.5 Å². The summed E-state index contributed by atoms with van der Waals surface area (Å²) in [6.45, 7) is 8.39. The van der Waals surface area contributed by atoms with Gasteiger partial charge in [0.2, 0.25) is 0 Å². The summed E-state index contributed by atoms with van der Waals surface area (Å²) in [6, 6.07) is 0. The molecular weight excluding hydrogens is 154 g/mol. The van der Waals surface area contributed by atoms with Gasteiger partial charge in [-0.3, -0.25) is 0 Å². The summed E-state index contributed by atoms with van der Waals surface area (Å²) in [4.78, 5) is 12.3. The highest BCUT2D eigenvalue weighted by Gasteiger charge is 1.99. The summed E-state index contributed by atoms with van der Waals surface area (Å²) < 4.78 is 5.22. The Morgan fingerprint density at radius 1 is 1.33 bits per heavy atom. The molecule has 0 amide bonds. The first-order valence-corrected chi connectivity index (χ1v) is 4.58. The van der Waals surface area contributed by atoms with Crippen molar-refractivity contribution in [1.29, 1.82) is 0 Å². The van der Waals surface area contributed by atoms with E-state index in [1.165, 1.54) is 0 Å². The van der Waals surface area contributed by atoms with E-state index in [4.69, 9.17) is 4.74 Å². The van der Waals surface area contributed by atoms with Gasteiger partial charge in [-0.15, -0.1) is 0 Å². The lowest BCUT2D eigenvalue weighted by Crippen LogP contribution is -2.28. The average molecular weight is 173 g/mol. The molecule has 0 aromatic heterocycles. The van der Waals surface area contributed by atoms with Gasteiger partial charge in [-0.1, -0.05) is 6.92 Å². The summed E-state index contributed by atoms with van der Waals surface area (Å²) in [5.74, 6) is 0. The van der Waals surface area contributed by atoms with Crippen molar-refractivity contribution in [2.45, 2.75) is 20.3 Å². The van der Waals surface area contributed by atoms with Crippen LogP contribution in [0.15, 0.2) is 0 Å². The average Bonchev–Trinajstić information content (AvgIpc) is 2.11. The maximum absolute atomic E-state index is 10.1. The summed E-state index contributed by atoms with van der Waals surface area (Å²) in [5, 5.41) is 0. The molecule has 0 radical (unpaired) electrons. The molecule has 0 saturated carbocycles. The Balaban J connectivity index is 3.32. The van der Waals surface area contributed by atoms with Crippen LogP contribution in [0, 0.1) is 0 Å². The Kier molecular flexibility index (Phi) is 8.39. The van der Waals surface area contributed by atoms with Crippen LogP contribution in [-0.2, 0) is 9.53 Å². The van der Waals surface area contributed by atoms with Crippen LogP contribution in [0.1, 0.15) is 20.3 Å². The second-order valence-corrected chi connectivity index (χ2v) is 2.59. The molecular formula is C9H19NO2. The largest absolute Gasteiger partial charge is 0.380 e. The first-order chi connectivity index (χ1) is 5.85. The number of aldehydes is 1. The molecule has 0 aromatic carbocycles. The first kappa shape index (κ1) is 11.6. The first-order valence-electron chi connectivity index (χ1n) is 4.58. The van der Waals surface area contributed by atoms with Crippen LogP contribution in [0.2, 0.25) is 0 Å². The molecule has 0 aliphatic heterocycles. The van der Waals surface area contributed by atoms with Crippen molar-refractivity contribution in [3.05, 3.63) is 0 Å². The molecule has 0 heterocycles. The monoisotopic (exact) mass is 173 g/mol. The number of hydrogen-bond donors (Lipinski definition) is 0. The zero-order valence-electron chi connectivity index (χ0n) is 8.08. The van der Waals surface area contributed by atoms with E-state index in [1.54, 1.807) is 0 Å². The number of nitrogens with zero attached hydrogens (tertiary/aromatic N) is 1. The third kappa shape index (κ3) is 6.31. The van der Waals surface area contributed by atoms with Crippen molar-refractivity contribution in [3.63, 3.8) is 0 Å². The van der Waals surface area contributed by atoms with E-state index in [2.05, 4.69) is 11.8 Å². The molecule has 0 fully saturated rings. The summed E-state index contributed by atoms with van der Waals surface area (Å²) in [5.41, 5.74) is 0. The smallest absolute Gasteiger partial charge is 0.121 e. The molecule has 0 atom stereocenters. The van der Waals surface area contributed by atoms with Crippen LogP contribution in [-0.4, -0.2) is 44.0 Å². The van der Waals surface area contributed by atoms with Crippen molar-refractivity contribution < 1.29 is 9.53 Å². The second-order valence-electron chi connectivity index (χ2n) is 2.59. The van der Waals surface area contributed by atoms with E-state index in [0.29, 0.717) is 6.42 Å². The molecule has 12 heavy (non-hydrogen) atoms. The van der Waals surface area contributed by atoms with Crippen molar-refractivity contribution in [2.75, 3.05) is 32.8 Å². The Hall–Kier alpha value is -0.410. The van der Waals surface area contributed by atoms with Crippen molar-refractivity contribution >= 4 is 6.29 Å². The highest BCUT2D eigenvalue weighted by atomic mass is 16.5. The molecule has 0 saturated heterocycles. The maximum atomic E-state index is 10.1. The highest BCUT2D eigenvalue weighted by molar-refractivity contribution is 5.49. The zero-order chi connectivity index (χ0) is 9.23. The lowest BCUT2D eigenvalue weighted by Gasteiger charge is -2.18. The summed E-state index contributed by atoms with van der Waals surface area (Å²) in [7, 11) is 0. The number of hydrogen-bond acceptors (Lipinski definition) is 3. The van der Waals surface area contributed by atoms with Crippen molar-refractivity contribution in [1.82, 2.24) is 4.90 Å². The van der Waals surface area contributed by atoms with Gasteiger partial charge in [0.05, 0.1) is 6.61 Å². The fourth-order valence-corrected chi connectivity index (χ4v) is 1.00. The van der Waals surface area contributed by atoms with Gasteiger partial charge >= 0.3 is 0 Å². The second kappa shape index (κ2) is 8.68. The molecule has 0 rings (SSSR count). The molecule has 0 bridgehead atoms. The third-order valence-corrected chi connectivity index (χ3v) is 1.77. The van der Waals surface area contributed by atoms with Gasteiger partial charge in [0.15, 0.2) is 0 Å². The van der Waals surface area contributed by atoms with Crippen LogP contribution in [0.3, 0.4) is 0 Å². The van der Waals surface area contributed by atoms with Gasteiger partial charge in [-0.2, -0.15) is 0 Å². The molecule has 0 aromatic rings. The van der Waals surface area contributed by atoms with Gasteiger partial charge in [0, 0.05) is 26.1 Å². The van der Waals surface area contributed by atoms with Gasteiger partial charge < -0.3 is 14.4 Å². The van der Waals surface area contributed by atoms with Crippen molar-refractivity contribution in [3.8, 4) is 0 Å². The van der Waals surface area contributed by atoms with Gasteiger partial charge in [-0.25, -0.2) is 0 Å². The molecule has 0 N–H and O–H groups in total. The van der Waals surface area contributed by atoms with E-state index in [-0.39, 0.29) is 0 Å². The van der Waals surface area contributed by atoms with E-state index < -0.39 is 0 Å². The lowest BCUT2D eigenvalue weighted by molar-refractivity contribution is -0.108. The third-order valence-electron chi connectivity index (χ3n) is 1.77. The predicted octanol–water partition coefficient (Wildman–Crippen LogP) is 0.934. The van der Waals surface area contributed by atoms with Gasteiger partial charge in [-0.05, 0) is 13.5 Å². The lowest BCUT2D eigenvalue weighted by atomic mass is 10.4. The minimum atomic E-state index is 0.625. The number of ether oxygens (including phenoxy) is 1.